The first-order valence-corrected chi connectivity index (χ1v) is 8.21. The molecule has 1 aliphatic carbocycles. The van der Waals surface area contributed by atoms with Crippen molar-refractivity contribution in [2.45, 2.75) is 36.9 Å². The molecular formula is C13H16ClN3O3S. The van der Waals surface area contributed by atoms with Gasteiger partial charge in [-0.2, -0.15) is 0 Å². The molecule has 21 heavy (non-hydrogen) atoms. The molecule has 1 aromatic heterocycles. The molecule has 0 unspecified atom stereocenters. The van der Waals surface area contributed by atoms with Crippen LogP contribution < -0.4 is 5.32 Å². The lowest BCUT2D eigenvalue weighted by atomic mass is 9.86. The van der Waals surface area contributed by atoms with Crippen LogP contribution in [0.4, 0.5) is 0 Å². The third-order valence-electron chi connectivity index (χ3n) is 3.53. The maximum Gasteiger partial charge on any atom is 0.306 e. The summed E-state index contributed by atoms with van der Waals surface area (Å²) in [5.41, 5.74) is 0.163. The van der Waals surface area contributed by atoms with Crippen molar-refractivity contribution < 1.29 is 14.7 Å². The number of nitrogens with zero attached hydrogens (tertiary/aromatic N) is 2. The van der Waals surface area contributed by atoms with E-state index in [4.69, 9.17) is 16.7 Å². The first kappa shape index (κ1) is 16.0. The predicted molar refractivity (Wildman–Crippen MR) is 79.7 cm³/mol. The summed E-state index contributed by atoms with van der Waals surface area (Å²) in [6.45, 7) is 0. The highest BCUT2D eigenvalue weighted by Crippen LogP contribution is 2.25. The first-order chi connectivity index (χ1) is 10.0. The second-order valence-electron chi connectivity index (χ2n) is 4.91. The summed E-state index contributed by atoms with van der Waals surface area (Å²) in [4.78, 5) is 31.2. The molecule has 1 amide bonds. The molecule has 0 aliphatic heterocycles. The Hall–Kier alpha value is -1.34. The van der Waals surface area contributed by atoms with Gasteiger partial charge in [0, 0.05) is 6.04 Å². The highest BCUT2D eigenvalue weighted by atomic mass is 35.5. The minimum Gasteiger partial charge on any atom is -0.481 e. The molecule has 2 rings (SSSR count). The van der Waals surface area contributed by atoms with E-state index in [0.29, 0.717) is 30.8 Å². The van der Waals surface area contributed by atoms with Gasteiger partial charge in [0.05, 0.1) is 17.1 Å². The number of rotatable bonds is 4. The molecule has 6 nitrogen and oxygen atoms in total. The van der Waals surface area contributed by atoms with E-state index < -0.39 is 5.97 Å². The van der Waals surface area contributed by atoms with Gasteiger partial charge in [-0.15, -0.1) is 0 Å². The van der Waals surface area contributed by atoms with Crippen LogP contribution in [0.5, 0.6) is 0 Å². The van der Waals surface area contributed by atoms with Crippen molar-refractivity contribution in [2.24, 2.45) is 5.92 Å². The summed E-state index contributed by atoms with van der Waals surface area (Å²) in [6.07, 6.45) is 5.69. The van der Waals surface area contributed by atoms with Crippen molar-refractivity contribution in [3.8, 4) is 0 Å². The number of amides is 1. The van der Waals surface area contributed by atoms with Crippen molar-refractivity contribution in [2.75, 3.05) is 6.26 Å². The van der Waals surface area contributed by atoms with Crippen LogP contribution in [0.25, 0.3) is 0 Å². The molecule has 0 saturated heterocycles. The summed E-state index contributed by atoms with van der Waals surface area (Å²) >= 11 is 7.29. The van der Waals surface area contributed by atoms with E-state index >= 15 is 0 Å². The average molecular weight is 330 g/mol. The quantitative estimate of drug-likeness (QED) is 0.650. The minimum atomic E-state index is -0.761. The Labute approximate surface area is 131 Å². The fraction of sp³-hybridized carbons (Fsp3) is 0.538. The van der Waals surface area contributed by atoms with Gasteiger partial charge in [0.25, 0.3) is 5.91 Å². The lowest BCUT2D eigenvalue weighted by Crippen LogP contribution is -2.39. The lowest BCUT2D eigenvalue weighted by Gasteiger charge is -2.26. The summed E-state index contributed by atoms with van der Waals surface area (Å²) in [7, 11) is 0. The van der Waals surface area contributed by atoms with Gasteiger partial charge in [0.2, 0.25) is 0 Å². The topological polar surface area (TPSA) is 92.2 Å². The Morgan fingerprint density at radius 3 is 2.62 bits per heavy atom. The van der Waals surface area contributed by atoms with Crippen molar-refractivity contribution in [1.29, 1.82) is 0 Å². The smallest absolute Gasteiger partial charge is 0.306 e. The second-order valence-corrected chi connectivity index (χ2v) is 6.09. The normalized spacial score (nSPS) is 21.8. The molecule has 0 atom stereocenters. The molecule has 1 saturated carbocycles. The number of carboxylic acid groups (broad SMARTS) is 1. The number of hydrogen-bond acceptors (Lipinski definition) is 5. The van der Waals surface area contributed by atoms with Gasteiger partial charge in [-0.1, -0.05) is 23.4 Å². The van der Waals surface area contributed by atoms with Crippen LogP contribution in [-0.2, 0) is 4.79 Å². The molecule has 0 aromatic carbocycles. The van der Waals surface area contributed by atoms with Gasteiger partial charge in [-0.05, 0) is 31.9 Å². The van der Waals surface area contributed by atoms with Gasteiger partial charge in [0.15, 0.2) is 10.9 Å². The van der Waals surface area contributed by atoms with Gasteiger partial charge >= 0.3 is 5.97 Å². The van der Waals surface area contributed by atoms with Crippen LogP contribution in [0.15, 0.2) is 11.4 Å². The summed E-state index contributed by atoms with van der Waals surface area (Å²) in [5, 5.41) is 12.5. The number of carbonyl (C=O) groups is 2. The number of carbonyl (C=O) groups excluding carboxylic acids is 1. The number of hydrogen-bond donors (Lipinski definition) is 2. The van der Waals surface area contributed by atoms with Crippen molar-refractivity contribution >= 4 is 35.2 Å². The Bertz CT molecular complexity index is 547. The van der Waals surface area contributed by atoms with E-state index in [1.165, 1.54) is 18.0 Å². The van der Waals surface area contributed by atoms with Crippen LogP contribution in [-0.4, -0.2) is 39.2 Å². The third kappa shape index (κ3) is 4.07. The largest absolute Gasteiger partial charge is 0.481 e. The van der Waals surface area contributed by atoms with Gasteiger partial charge in [-0.25, -0.2) is 9.97 Å². The van der Waals surface area contributed by atoms with E-state index in [1.54, 1.807) is 0 Å². The molecular weight excluding hydrogens is 314 g/mol. The van der Waals surface area contributed by atoms with Crippen LogP contribution in [0.2, 0.25) is 5.02 Å². The van der Waals surface area contributed by atoms with E-state index in [1.807, 2.05) is 6.26 Å². The Morgan fingerprint density at radius 2 is 2.05 bits per heavy atom. The van der Waals surface area contributed by atoms with E-state index in [-0.39, 0.29) is 28.6 Å². The van der Waals surface area contributed by atoms with Crippen molar-refractivity contribution in [3.05, 3.63) is 16.9 Å². The predicted octanol–water partition coefficient (Wildman–Crippen LogP) is 2.23. The second kappa shape index (κ2) is 7.09. The van der Waals surface area contributed by atoms with Crippen molar-refractivity contribution in [1.82, 2.24) is 15.3 Å². The van der Waals surface area contributed by atoms with Crippen LogP contribution in [0.1, 0.15) is 36.2 Å². The summed E-state index contributed by atoms with van der Waals surface area (Å²) in [6, 6.07) is -0.0307. The van der Waals surface area contributed by atoms with E-state index in [2.05, 4.69) is 15.3 Å². The minimum absolute atomic E-state index is 0.0307. The summed E-state index contributed by atoms with van der Waals surface area (Å²) < 4.78 is 0. The fourth-order valence-electron chi connectivity index (χ4n) is 2.35. The zero-order chi connectivity index (χ0) is 15.4. The number of halogens is 1. The van der Waals surface area contributed by atoms with Crippen LogP contribution in [0.3, 0.4) is 0 Å². The zero-order valence-electron chi connectivity index (χ0n) is 11.5. The number of thioether (sulfide) groups is 1. The number of aromatic nitrogens is 2. The molecule has 2 N–H and O–H groups in total. The molecule has 1 aliphatic rings. The molecule has 0 radical (unpaired) electrons. The average Bonchev–Trinajstić information content (AvgIpc) is 2.48. The maximum absolute atomic E-state index is 12.2. The molecule has 0 bridgehead atoms. The monoisotopic (exact) mass is 329 g/mol. The van der Waals surface area contributed by atoms with Crippen LogP contribution >= 0.6 is 23.4 Å². The van der Waals surface area contributed by atoms with Gasteiger partial charge in [-0.3, -0.25) is 9.59 Å². The molecule has 114 valence electrons. The van der Waals surface area contributed by atoms with Gasteiger partial charge in [0.1, 0.15) is 0 Å². The van der Waals surface area contributed by atoms with E-state index in [9.17, 15) is 9.59 Å². The lowest BCUT2D eigenvalue weighted by molar-refractivity contribution is -0.142. The first-order valence-electron chi connectivity index (χ1n) is 6.61. The molecule has 1 aromatic rings. The molecule has 1 heterocycles. The molecule has 8 heteroatoms. The Morgan fingerprint density at radius 1 is 1.38 bits per heavy atom. The number of carboxylic acids is 1. The third-order valence-corrected chi connectivity index (χ3v) is 4.37. The molecule has 1 fully saturated rings. The fourth-order valence-corrected chi connectivity index (χ4v) is 2.86. The summed E-state index contributed by atoms with van der Waals surface area (Å²) in [5.74, 6) is -1.40. The highest BCUT2D eigenvalue weighted by Gasteiger charge is 2.27. The zero-order valence-corrected chi connectivity index (χ0v) is 13.1. The van der Waals surface area contributed by atoms with E-state index in [0.717, 1.165) is 0 Å². The number of nitrogens with one attached hydrogen (secondary N) is 1. The number of aliphatic carboxylic acids is 1. The maximum atomic E-state index is 12.2. The molecule has 0 spiro atoms. The van der Waals surface area contributed by atoms with Gasteiger partial charge < -0.3 is 10.4 Å². The van der Waals surface area contributed by atoms with Crippen LogP contribution in [0, 0.1) is 5.92 Å². The highest BCUT2D eigenvalue weighted by molar-refractivity contribution is 7.98. The standard InChI is InChI=1S/C13H16ClN3O3S/c1-21-13-15-6-9(14)10(17-13)11(18)16-8-4-2-7(3-5-8)12(19)20/h6-8H,2-5H2,1H3,(H,16,18)(H,19,20). The van der Waals surface area contributed by atoms with Crippen molar-refractivity contribution in [3.63, 3.8) is 0 Å². The Balaban J connectivity index is 1.98. The Kier molecular flexibility index (Phi) is 5.41. The SMILES string of the molecule is CSc1ncc(Cl)c(C(=O)NC2CCC(C(=O)O)CC2)n1.